The Morgan fingerprint density at radius 3 is 2.20 bits per heavy atom. The summed E-state index contributed by atoms with van der Waals surface area (Å²) in [5.74, 6) is -0.127. The second-order valence-electron chi connectivity index (χ2n) is 6.83. The van der Waals surface area contributed by atoms with Crippen molar-refractivity contribution in [2.75, 3.05) is 5.32 Å². The maximum Gasteiger partial charge on any atom is 0.227 e. The lowest BCUT2D eigenvalue weighted by atomic mass is 9.97. The normalized spacial score (nSPS) is 15.9. The summed E-state index contributed by atoms with van der Waals surface area (Å²) in [5.41, 5.74) is 2.15. The second kappa shape index (κ2) is 8.28. The lowest BCUT2D eigenvalue weighted by Crippen LogP contribution is -2.30. The number of carbonyl (C=O) groups excluding carboxylic acids is 1. The van der Waals surface area contributed by atoms with Gasteiger partial charge in [0.25, 0.3) is 0 Å². The monoisotopic (exact) mass is 339 g/mol. The van der Waals surface area contributed by atoms with Crippen molar-refractivity contribution in [1.82, 2.24) is 0 Å². The molecule has 0 bridgehead atoms. The molecule has 1 saturated carbocycles. The van der Waals surface area contributed by atoms with Crippen molar-refractivity contribution in [3.05, 3.63) is 65.7 Å². The van der Waals surface area contributed by atoms with Crippen LogP contribution in [-0.4, -0.2) is 16.6 Å². The van der Waals surface area contributed by atoms with Crippen molar-refractivity contribution >= 4 is 11.6 Å². The predicted octanol–water partition coefficient (Wildman–Crippen LogP) is 4.04. The maximum atomic E-state index is 12.1. The van der Waals surface area contributed by atoms with Gasteiger partial charge in [-0.15, -0.1) is 0 Å². The van der Waals surface area contributed by atoms with E-state index in [4.69, 9.17) is 4.74 Å². The van der Waals surface area contributed by atoms with Crippen LogP contribution < -0.4 is 5.32 Å². The van der Waals surface area contributed by atoms with Gasteiger partial charge in [-0.2, -0.15) is 0 Å². The van der Waals surface area contributed by atoms with Gasteiger partial charge >= 0.3 is 0 Å². The lowest BCUT2D eigenvalue weighted by molar-refractivity contribution is -0.120. The molecule has 0 saturated heterocycles. The SMILES string of the molecule is O=C(CC1(O)CCCC1)Nc1ccc(COCc2ccccc2)cc1. The van der Waals surface area contributed by atoms with Crippen molar-refractivity contribution in [3.8, 4) is 0 Å². The summed E-state index contributed by atoms with van der Waals surface area (Å²) in [6.45, 7) is 1.11. The molecule has 2 aromatic carbocycles. The van der Waals surface area contributed by atoms with Crippen LogP contribution in [0.25, 0.3) is 0 Å². The van der Waals surface area contributed by atoms with Crippen molar-refractivity contribution in [1.29, 1.82) is 0 Å². The van der Waals surface area contributed by atoms with Crippen LogP contribution >= 0.6 is 0 Å². The number of hydrogen-bond acceptors (Lipinski definition) is 3. The Kier molecular flexibility index (Phi) is 5.84. The average molecular weight is 339 g/mol. The highest BCUT2D eigenvalue weighted by Crippen LogP contribution is 2.32. The molecular formula is C21H25NO3. The molecule has 1 fully saturated rings. The van der Waals surface area contributed by atoms with Gasteiger partial charge in [0.1, 0.15) is 0 Å². The number of benzene rings is 2. The van der Waals surface area contributed by atoms with E-state index in [1.807, 2.05) is 54.6 Å². The van der Waals surface area contributed by atoms with Gasteiger partial charge in [0.15, 0.2) is 0 Å². The summed E-state index contributed by atoms with van der Waals surface area (Å²) in [6.07, 6.45) is 3.62. The Morgan fingerprint density at radius 2 is 1.56 bits per heavy atom. The van der Waals surface area contributed by atoms with Gasteiger partial charge in [-0.1, -0.05) is 55.3 Å². The van der Waals surface area contributed by atoms with Crippen LogP contribution in [0.5, 0.6) is 0 Å². The molecule has 2 aromatic rings. The Labute approximate surface area is 148 Å². The van der Waals surface area contributed by atoms with Crippen molar-refractivity contribution in [2.24, 2.45) is 0 Å². The van der Waals surface area contributed by atoms with E-state index in [0.29, 0.717) is 13.2 Å². The Bertz CT molecular complexity index is 676. The number of amides is 1. The first-order valence-corrected chi connectivity index (χ1v) is 8.86. The minimum Gasteiger partial charge on any atom is -0.389 e. The first-order valence-electron chi connectivity index (χ1n) is 8.86. The highest BCUT2D eigenvalue weighted by atomic mass is 16.5. The van der Waals surface area contributed by atoms with Gasteiger partial charge in [0.05, 0.1) is 25.2 Å². The molecule has 0 aliphatic heterocycles. The number of aliphatic hydroxyl groups is 1. The van der Waals surface area contributed by atoms with Crippen LogP contribution in [0.2, 0.25) is 0 Å². The molecular weight excluding hydrogens is 314 g/mol. The Hall–Kier alpha value is -2.17. The summed E-state index contributed by atoms with van der Waals surface area (Å²) in [4.78, 5) is 12.1. The zero-order valence-electron chi connectivity index (χ0n) is 14.4. The minimum atomic E-state index is -0.810. The van der Waals surface area contributed by atoms with Gasteiger partial charge in [-0.25, -0.2) is 0 Å². The second-order valence-corrected chi connectivity index (χ2v) is 6.83. The summed E-state index contributed by atoms with van der Waals surface area (Å²) in [7, 11) is 0. The third-order valence-electron chi connectivity index (χ3n) is 4.64. The molecule has 0 aromatic heterocycles. The molecule has 3 rings (SSSR count). The molecule has 132 valence electrons. The topological polar surface area (TPSA) is 58.6 Å². The highest BCUT2D eigenvalue weighted by molar-refractivity contribution is 5.91. The summed E-state index contributed by atoms with van der Waals surface area (Å²) in [5, 5.41) is 13.2. The number of anilines is 1. The lowest BCUT2D eigenvalue weighted by Gasteiger charge is -2.21. The quantitative estimate of drug-likeness (QED) is 0.800. The van der Waals surface area contributed by atoms with Gasteiger partial charge in [-0.05, 0) is 36.1 Å². The maximum absolute atomic E-state index is 12.1. The summed E-state index contributed by atoms with van der Waals surface area (Å²) < 4.78 is 5.71. The van der Waals surface area contributed by atoms with E-state index in [1.54, 1.807) is 0 Å². The smallest absolute Gasteiger partial charge is 0.227 e. The predicted molar refractivity (Wildman–Crippen MR) is 98.0 cm³/mol. The van der Waals surface area contributed by atoms with Crippen LogP contribution in [-0.2, 0) is 22.7 Å². The molecule has 1 amide bonds. The summed E-state index contributed by atoms with van der Waals surface area (Å²) in [6, 6.07) is 17.7. The molecule has 0 heterocycles. The van der Waals surface area contributed by atoms with E-state index in [0.717, 1.165) is 42.5 Å². The molecule has 0 unspecified atom stereocenters. The van der Waals surface area contributed by atoms with Crippen molar-refractivity contribution < 1.29 is 14.6 Å². The van der Waals surface area contributed by atoms with Crippen LogP contribution in [0.4, 0.5) is 5.69 Å². The number of nitrogens with one attached hydrogen (secondary N) is 1. The Morgan fingerprint density at radius 1 is 0.960 bits per heavy atom. The Balaban J connectivity index is 1.44. The van der Waals surface area contributed by atoms with E-state index >= 15 is 0 Å². The fraction of sp³-hybridized carbons (Fsp3) is 0.381. The van der Waals surface area contributed by atoms with Gasteiger partial charge in [0.2, 0.25) is 5.91 Å². The fourth-order valence-electron chi connectivity index (χ4n) is 3.26. The molecule has 0 atom stereocenters. The van der Waals surface area contributed by atoms with Crippen LogP contribution in [0.3, 0.4) is 0 Å². The molecule has 4 nitrogen and oxygen atoms in total. The summed E-state index contributed by atoms with van der Waals surface area (Å²) >= 11 is 0. The van der Waals surface area contributed by atoms with Gasteiger partial charge < -0.3 is 15.2 Å². The van der Waals surface area contributed by atoms with E-state index in [9.17, 15) is 9.90 Å². The first kappa shape index (κ1) is 17.6. The zero-order valence-corrected chi connectivity index (χ0v) is 14.4. The number of hydrogen-bond donors (Lipinski definition) is 2. The van der Waals surface area contributed by atoms with Crippen LogP contribution in [0.1, 0.15) is 43.2 Å². The van der Waals surface area contributed by atoms with E-state index < -0.39 is 5.60 Å². The van der Waals surface area contributed by atoms with Crippen molar-refractivity contribution in [2.45, 2.75) is 50.9 Å². The molecule has 2 N–H and O–H groups in total. The zero-order chi connectivity index (χ0) is 17.5. The van der Waals surface area contributed by atoms with Crippen LogP contribution in [0.15, 0.2) is 54.6 Å². The average Bonchev–Trinajstić information content (AvgIpc) is 3.03. The molecule has 0 radical (unpaired) electrons. The number of rotatable bonds is 7. The third-order valence-corrected chi connectivity index (χ3v) is 4.64. The van der Waals surface area contributed by atoms with E-state index in [2.05, 4.69) is 5.32 Å². The number of carbonyl (C=O) groups is 1. The third kappa shape index (κ3) is 5.41. The molecule has 25 heavy (non-hydrogen) atoms. The molecule has 0 spiro atoms. The molecule has 1 aliphatic carbocycles. The van der Waals surface area contributed by atoms with E-state index in [-0.39, 0.29) is 12.3 Å². The first-order chi connectivity index (χ1) is 12.1. The van der Waals surface area contributed by atoms with Crippen LogP contribution in [0, 0.1) is 0 Å². The minimum absolute atomic E-state index is 0.127. The van der Waals surface area contributed by atoms with Gasteiger partial charge in [0, 0.05) is 5.69 Å². The van der Waals surface area contributed by atoms with E-state index in [1.165, 1.54) is 0 Å². The molecule has 1 aliphatic rings. The largest absolute Gasteiger partial charge is 0.389 e. The standard InChI is InChI=1S/C21H25NO3/c23-20(14-21(24)12-4-5-13-21)22-19-10-8-18(9-11-19)16-25-15-17-6-2-1-3-7-17/h1-3,6-11,24H,4-5,12-16H2,(H,22,23). The highest BCUT2D eigenvalue weighted by Gasteiger charge is 2.33. The van der Waals surface area contributed by atoms with Gasteiger partial charge in [-0.3, -0.25) is 4.79 Å². The number of ether oxygens (including phenoxy) is 1. The fourth-order valence-corrected chi connectivity index (χ4v) is 3.26. The molecule has 4 heteroatoms. The van der Waals surface area contributed by atoms with Crippen molar-refractivity contribution in [3.63, 3.8) is 0 Å².